The van der Waals surface area contributed by atoms with Gasteiger partial charge < -0.3 is 47.7 Å². The quantitative estimate of drug-likeness (QED) is 0.0340. The third-order valence-electron chi connectivity index (χ3n) is 8.66. The van der Waals surface area contributed by atoms with Crippen molar-refractivity contribution in [2.45, 2.75) is 88.8 Å². The number of hydrogen-bond acceptors (Lipinski definition) is 13. The molecule has 58 heavy (non-hydrogen) atoms. The Balaban J connectivity index is 1.90. The van der Waals surface area contributed by atoms with Crippen LogP contribution in [0, 0.1) is 5.92 Å². The van der Waals surface area contributed by atoms with Crippen molar-refractivity contribution < 1.29 is 52.7 Å². The van der Waals surface area contributed by atoms with Gasteiger partial charge in [-0.05, 0) is 49.3 Å². The number of anilines is 1. The Morgan fingerprint density at radius 3 is 2.19 bits per heavy atom. The van der Waals surface area contributed by atoms with E-state index in [4.69, 9.17) is 22.1 Å². The lowest BCUT2D eigenvalue weighted by atomic mass is 10.0. The summed E-state index contributed by atoms with van der Waals surface area (Å²) in [5.41, 5.74) is 11.6. The molecule has 0 aromatic heterocycles. The van der Waals surface area contributed by atoms with E-state index in [9.17, 15) is 43.2 Å². The Bertz CT molecular complexity index is 1610. The van der Waals surface area contributed by atoms with Gasteiger partial charge in [-0.3, -0.25) is 43.3 Å². The number of unbranched alkanes of at least 4 members (excludes halogenated alkanes) is 2. The fourth-order valence-electron chi connectivity index (χ4n) is 5.49. The highest BCUT2D eigenvalue weighted by molar-refractivity contribution is 8.00. The Morgan fingerprint density at radius 2 is 1.59 bits per heavy atom. The van der Waals surface area contributed by atoms with Gasteiger partial charge in [-0.25, -0.2) is 15.5 Å². The van der Waals surface area contributed by atoms with Gasteiger partial charge in [0.15, 0.2) is 0 Å². The molecule has 2 rings (SSSR count). The molecular formula is C36H56N10O11S. The molecule has 322 valence electrons. The minimum Gasteiger partial charge on any atom is -0.445 e. The number of likely N-dealkylation sites (tertiary alicyclic amines) is 1. The molecule has 1 aliphatic heterocycles. The van der Waals surface area contributed by atoms with Crippen molar-refractivity contribution >= 4 is 70.9 Å². The Morgan fingerprint density at radius 1 is 0.897 bits per heavy atom. The molecule has 2 unspecified atom stereocenters. The molecule has 1 fully saturated rings. The summed E-state index contributed by atoms with van der Waals surface area (Å²) in [6.07, 6.45) is 1.21. The average molecular weight is 837 g/mol. The molecule has 1 aromatic rings. The smallest absolute Gasteiger partial charge is 0.409 e. The molecule has 21 nitrogen and oxygen atoms in total. The summed E-state index contributed by atoms with van der Waals surface area (Å²) in [5.74, 6) is 0.649. The number of rotatable bonds is 25. The molecule has 1 saturated heterocycles. The van der Waals surface area contributed by atoms with Crippen LogP contribution in [0.2, 0.25) is 0 Å². The molecule has 11 N–H and O–H groups in total. The SMILES string of the molecule is CC(C)[C@H](NC(=O)CCCCCN1C(=O)CC(SCC(NC(=O)CON)C(N)=O)C1=O)C(=O)N[C@@H](CCCNC(N)=O)C(=O)Nc1ccc(COC(=O)N(C)C)cc1. The zero-order valence-corrected chi connectivity index (χ0v) is 34.0. The number of ether oxygens (including phenoxy) is 1. The molecular weight excluding hydrogens is 781 g/mol. The van der Waals surface area contributed by atoms with Crippen molar-refractivity contribution in [3.8, 4) is 0 Å². The molecule has 1 aromatic carbocycles. The number of carbonyl (C=O) groups is 9. The monoisotopic (exact) mass is 836 g/mol. The summed E-state index contributed by atoms with van der Waals surface area (Å²) in [7, 11) is 3.13. The van der Waals surface area contributed by atoms with E-state index in [0.29, 0.717) is 36.9 Å². The van der Waals surface area contributed by atoms with Crippen LogP contribution >= 0.6 is 11.8 Å². The van der Waals surface area contributed by atoms with Crippen LogP contribution in [0.1, 0.15) is 64.4 Å². The molecule has 22 heteroatoms. The van der Waals surface area contributed by atoms with E-state index < -0.39 is 77.5 Å². The lowest BCUT2D eigenvalue weighted by Gasteiger charge is -2.25. The van der Waals surface area contributed by atoms with Crippen molar-refractivity contribution in [3.05, 3.63) is 29.8 Å². The van der Waals surface area contributed by atoms with Crippen LogP contribution in [0.15, 0.2) is 24.3 Å². The van der Waals surface area contributed by atoms with Gasteiger partial charge in [0.25, 0.3) is 0 Å². The molecule has 1 aliphatic rings. The molecule has 1 heterocycles. The summed E-state index contributed by atoms with van der Waals surface area (Å²) < 4.78 is 5.16. The average Bonchev–Trinajstić information content (AvgIpc) is 3.43. The molecule has 0 saturated carbocycles. The van der Waals surface area contributed by atoms with E-state index in [-0.39, 0.29) is 56.5 Å². The van der Waals surface area contributed by atoms with Gasteiger partial charge in [0, 0.05) is 51.5 Å². The Hall–Kier alpha value is -5.48. The number of primary amides is 2. The van der Waals surface area contributed by atoms with Crippen LogP contribution in [0.25, 0.3) is 0 Å². The molecule has 0 spiro atoms. The van der Waals surface area contributed by atoms with Crippen LogP contribution in [-0.2, 0) is 49.7 Å². The fraction of sp³-hybridized carbons (Fsp3) is 0.583. The molecule has 10 amide bonds. The summed E-state index contributed by atoms with van der Waals surface area (Å²) >= 11 is 1.03. The minimum absolute atomic E-state index is 0.0282. The zero-order chi connectivity index (χ0) is 43.4. The number of imide groups is 1. The number of amides is 10. The second-order valence-corrected chi connectivity index (χ2v) is 15.2. The van der Waals surface area contributed by atoms with E-state index in [1.54, 1.807) is 52.2 Å². The number of hydrogen-bond donors (Lipinski definition) is 8. The first kappa shape index (κ1) is 48.7. The maximum absolute atomic E-state index is 13.5. The predicted octanol–water partition coefficient (Wildman–Crippen LogP) is -0.821. The highest BCUT2D eigenvalue weighted by Gasteiger charge is 2.39. The lowest BCUT2D eigenvalue weighted by molar-refractivity contribution is -0.138. The van der Waals surface area contributed by atoms with E-state index in [0.717, 1.165) is 16.7 Å². The highest BCUT2D eigenvalue weighted by Crippen LogP contribution is 2.26. The van der Waals surface area contributed by atoms with Gasteiger partial charge in [0.2, 0.25) is 41.4 Å². The van der Waals surface area contributed by atoms with Gasteiger partial charge in [0.1, 0.15) is 31.3 Å². The highest BCUT2D eigenvalue weighted by atomic mass is 32.2. The standard InChI is InChI=1S/C36H56N10O11S/c1-21(2)30(33(52)43-24(9-8-15-40-35(38)54)32(51)41-23-13-11-22(12-14-23)18-56-36(55)45(3)4)44-27(47)10-6-5-7-16-46-29(49)17-26(34(46)53)58-20-25(31(37)50)42-28(48)19-57-39/h11-14,21,24-26,30H,5-10,15-20,39H2,1-4H3,(H2,37,50)(H,41,51)(H,42,48)(H,43,52)(H,44,47)(H3,38,40,54)/t24-,25?,26?,30-/m0/s1. The van der Waals surface area contributed by atoms with Gasteiger partial charge in [-0.15, -0.1) is 11.8 Å². The maximum atomic E-state index is 13.5. The molecule has 0 bridgehead atoms. The van der Waals surface area contributed by atoms with Crippen LogP contribution < -0.4 is 43.9 Å². The molecule has 4 atom stereocenters. The number of carbonyl (C=O) groups excluding carboxylic acids is 9. The van der Waals surface area contributed by atoms with Gasteiger partial charge >= 0.3 is 12.1 Å². The number of nitrogens with one attached hydrogen (secondary N) is 5. The Kier molecular flexibility index (Phi) is 21.0. The lowest BCUT2D eigenvalue weighted by Crippen LogP contribution is -2.54. The predicted molar refractivity (Wildman–Crippen MR) is 212 cm³/mol. The molecule has 0 radical (unpaired) electrons. The summed E-state index contributed by atoms with van der Waals surface area (Å²) in [6, 6.07) is 2.72. The van der Waals surface area contributed by atoms with Crippen molar-refractivity contribution in [2.24, 2.45) is 23.3 Å². The normalized spacial score (nSPS) is 15.2. The van der Waals surface area contributed by atoms with Crippen LogP contribution in [0.5, 0.6) is 0 Å². The summed E-state index contributed by atoms with van der Waals surface area (Å²) in [6.45, 7) is 3.31. The number of nitrogens with two attached hydrogens (primary N) is 3. The van der Waals surface area contributed by atoms with Crippen LogP contribution in [0.4, 0.5) is 15.3 Å². The third kappa shape index (κ3) is 17.3. The number of thioether (sulfide) groups is 1. The number of benzene rings is 1. The fourth-order valence-corrected chi connectivity index (χ4v) is 6.69. The summed E-state index contributed by atoms with van der Waals surface area (Å²) in [5, 5.41) is 12.3. The summed E-state index contributed by atoms with van der Waals surface area (Å²) in [4.78, 5) is 118. The Labute approximate surface area is 340 Å². The van der Waals surface area contributed by atoms with Crippen molar-refractivity contribution in [2.75, 3.05) is 44.9 Å². The maximum Gasteiger partial charge on any atom is 0.409 e. The van der Waals surface area contributed by atoms with Gasteiger partial charge in [-0.2, -0.15) is 0 Å². The van der Waals surface area contributed by atoms with Crippen molar-refractivity contribution in [3.63, 3.8) is 0 Å². The van der Waals surface area contributed by atoms with Crippen LogP contribution in [-0.4, -0.2) is 126 Å². The first-order valence-corrected chi connectivity index (χ1v) is 19.7. The number of urea groups is 1. The van der Waals surface area contributed by atoms with Crippen LogP contribution in [0.3, 0.4) is 0 Å². The third-order valence-corrected chi connectivity index (χ3v) is 9.96. The van der Waals surface area contributed by atoms with Crippen molar-refractivity contribution in [1.82, 2.24) is 31.1 Å². The van der Waals surface area contributed by atoms with E-state index in [1.165, 1.54) is 4.90 Å². The van der Waals surface area contributed by atoms with Gasteiger partial charge in [0.05, 0.1) is 5.25 Å². The number of nitrogens with zero attached hydrogens (tertiary/aromatic N) is 2. The first-order chi connectivity index (χ1) is 27.4. The second-order valence-electron chi connectivity index (χ2n) is 14.0. The first-order valence-electron chi connectivity index (χ1n) is 18.7. The largest absolute Gasteiger partial charge is 0.445 e. The zero-order valence-electron chi connectivity index (χ0n) is 33.2. The minimum atomic E-state index is -1.10. The van der Waals surface area contributed by atoms with Gasteiger partial charge in [-0.1, -0.05) is 32.4 Å². The van der Waals surface area contributed by atoms with E-state index in [2.05, 4.69) is 31.4 Å². The van der Waals surface area contributed by atoms with E-state index in [1.807, 2.05) is 0 Å². The molecule has 0 aliphatic carbocycles. The van der Waals surface area contributed by atoms with E-state index >= 15 is 0 Å². The second kappa shape index (κ2) is 25.0. The topological polar surface area (TPSA) is 317 Å². The van der Waals surface area contributed by atoms with Crippen molar-refractivity contribution in [1.29, 1.82) is 0 Å².